The van der Waals surface area contributed by atoms with E-state index in [0.29, 0.717) is 0 Å². The number of hydrogen-bond acceptors (Lipinski definition) is 1. The molecule has 0 aromatic heterocycles. The van der Waals surface area contributed by atoms with Gasteiger partial charge in [-0.05, 0) is 280 Å². The summed E-state index contributed by atoms with van der Waals surface area (Å²) in [7, 11) is 0. The SMILES string of the molecule is Cc1cc(N(c2cc(C)c(-c3c(C)cc(-c4cccc5ccccc45)c4ccccc34)cc2C)c2cc(C)c(-c3c(C)cc(-c4cccc5ccccc45)c4ccccc34)cc2C)c(C)cc1-c1c(C)cc(-c2cccc3ccccc23)c2ccccc12. The van der Waals surface area contributed by atoms with Gasteiger partial charge in [0, 0.05) is 17.1 Å². The number of rotatable bonds is 9. The van der Waals surface area contributed by atoms with Gasteiger partial charge in [0.15, 0.2) is 0 Å². The van der Waals surface area contributed by atoms with Gasteiger partial charge in [-0.2, -0.15) is 0 Å². The molecule has 0 atom stereocenters. The van der Waals surface area contributed by atoms with E-state index in [1.54, 1.807) is 0 Å². The van der Waals surface area contributed by atoms with Crippen LogP contribution >= 0.6 is 0 Å². The second kappa shape index (κ2) is 21.6. The lowest BCUT2D eigenvalue weighted by Gasteiger charge is -2.32. The molecule has 0 N–H and O–H groups in total. The van der Waals surface area contributed by atoms with Gasteiger partial charge in [0.2, 0.25) is 0 Å². The van der Waals surface area contributed by atoms with E-state index in [9.17, 15) is 0 Å². The molecule has 0 aliphatic rings. The predicted molar refractivity (Wildman–Crippen MR) is 381 cm³/mol. The van der Waals surface area contributed by atoms with Crippen LogP contribution in [0.4, 0.5) is 17.1 Å². The minimum Gasteiger partial charge on any atom is -0.310 e. The number of hydrogen-bond donors (Lipinski definition) is 0. The van der Waals surface area contributed by atoms with E-state index in [1.165, 1.54) is 199 Å². The molecule has 15 aromatic rings. The van der Waals surface area contributed by atoms with Crippen LogP contribution in [0.1, 0.15) is 50.1 Å². The first-order valence-corrected chi connectivity index (χ1v) is 31.1. The molecule has 0 saturated heterocycles. The van der Waals surface area contributed by atoms with Gasteiger partial charge >= 0.3 is 0 Å². The molecular formula is C87H69N. The van der Waals surface area contributed by atoms with Crippen LogP contribution in [0.3, 0.4) is 0 Å². The van der Waals surface area contributed by atoms with Gasteiger partial charge in [-0.1, -0.05) is 218 Å². The van der Waals surface area contributed by atoms with Crippen molar-refractivity contribution in [1.29, 1.82) is 0 Å². The highest BCUT2D eigenvalue weighted by Gasteiger charge is 2.26. The van der Waals surface area contributed by atoms with Crippen LogP contribution in [-0.2, 0) is 0 Å². The molecule has 0 bridgehead atoms. The summed E-state index contributed by atoms with van der Waals surface area (Å²) in [4.78, 5) is 2.59. The molecule has 0 spiro atoms. The topological polar surface area (TPSA) is 3.24 Å². The lowest BCUT2D eigenvalue weighted by atomic mass is 9.84. The molecule has 0 fully saturated rings. The molecule has 0 heterocycles. The van der Waals surface area contributed by atoms with Crippen molar-refractivity contribution < 1.29 is 0 Å². The molecule has 0 aliphatic heterocycles. The van der Waals surface area contributed by atoms with Crippen LogP contribution < -0.4 is 4.90 Å². The minimum absolute atomic E-state index is 1.17. The summed E-state index contributed by atoms with van der Waals surface area (Å²) in [5.74, 6) is 0. The van der Waals surface area contributed by atoms with E-state index in [4.69, 9.17) is 0 Å². The van der Waals surface area contributed by atoms with Crippen molar-refractivity contribution >= 4 is 81.7 Å². The second-order valence-electron chi connectivity index (χ2n) is 24.8. The summed E-state index contributed by atoms with van der Waals surface area (Å²) in [6, 6.07) is 95.6. The number of fused-ring (bicyclic) bond motifs is 6. The zero-order valence-electron chi connectivity index (χ0n) is 51.7. The molecule has 0 radical (unpaired) electrons. The molecule has 1 heteroatoms. The molecule has 1 nitrogen and oxygen atoms in total. The number of anilines is 3. The Morgan fingerprint density at radius 1 is 0.170 bits per heavy atom. The van der Waals surface area contributed by atoms with E-state index in [0.717, 1.165) is 0 Å². The Hall–Kier alpha value is -10.3. The standard InChI is InChI=1S/C87H69N/c1-52-49-82(55(4)43-76(52)85-58(7)46-79(70-34-16-19-37-73(70)85)67-40-22-28-61-25-10-13-31-64(61)67)88(83-50-53(2)77(44-56(83)5)86-59(8)47-80(71-35-17-20-38-74(71)86)68-41-23-29-62-26-11-14-32-65(62)68)84-51-54(3)78(45-57(84)6)87-60(9)48-81(72-36-18-21-39-75(72)87)69-42-24-30-63-27-12-15-33-66(63)69/h10-51H,1-9H3. The highest BCUT2D eigenvalue weighted by atomic mass is 15.1. The molecule has 0 saturated carbocycles. The molecule has 88 heavy (non-hydrogen) atoms. The summed E-state index contributed by atoms with van der Waals surface area (Å²) in [6.45, 7) is 20.8. The number of benzene rings is 15. The van der Waals surface area contributed by atoms with E-state index >= 15 is 0 Å². The van der Waals surface area contributed by atoms with Crippen molar-refractivity contribution in [3.05, 3.63) is 305 Å². The van der Waals surface area contributed by atoms with Crippen molar-refractivity contribution in [2.45, 2.75) is 62.3 Å². The van der Waals surface area contributed by atoms with Gasteiger partial charge in [-0.3, -0.25) is 0 Å². The summed E-state index contributed by atoms with van der Waals surface area (Å²) in [6.07, 6.45) is 0. The fourth-order valence-corrected chi connectivity index (χ4v) is 15.0. The molecule has 15 aromatic carbocycles. The molecular weight excluding hydrogens is 1060 g/mol. The first kappa shape index (κ1) is 54.3. The fourth-order valence-electron chi connectivity index (χ4n) is 15.0. The van der Waals surface area contributed by atoms with Crippen molar-refractivity contribution in [3.63, 3.8) is 0 Å². The van der Waals surface area contributed by atoms with Crippen LogP contribution in [-0.4, -0.2) is 0 Å². The van der Waals surface area contributed by atoms with Gasteiger partial charge in [0.25, 0.3) is 0 Å². The highest BCUT2D eigenvalue weighted by Crippen LogP contribution is 2.50. The average Bonchev–Trinajstić information content (AvgIpc) is 0.928. The maximum Gasteiger partial charge on any atom is 0.0494 e. The Labute approximate surface area is 517 Å². The highest BCUT2D eigenvalue weighted by molar-refractivity contribution is 6.14. The predicted octanol–water partition coefficient (Wildman–Crippen LogP) is 24.9. The normalized spacial score (nSPS) is 11.7. The first-order chi connectivity index (χ1) is 42.9. The molecule has 422 valence electrons. The quantitative estimate of drug-likeness (QED) is 0.139. The van der Waals surface area contributed by atoms with Crippen molar-refractivity contribution in [1.82, 2.24) is 0 Å². The Kier molecular flexibility index (Phi) is 13.3. The van der Waals surface area contributed by atoms with E-state index < -0.39 is 0 Å². The number of aryl methyl sites for hydroxylation is 9. The summed E-state index contributed by atoms with van der Waals surface area (Å²) >= 11 is 0. The van der Waals surface area contributed by atoms with Crippen molar-refractivity contribution in [2.75, 3.05) is 4.90 Å². The van der Waals surface area contributed by atoms with E-state index in [2.05, 4.69) is 322 Å². The van der Waals surface area contributed by atoms with Crippen molar-refractivity contribution in [3.8, 4) is 66.8 Å². The third kappa shape index (κ3) is 8.90. The second-order valence-corrected chi connectivity index (χ2v) is 24.8. The molecule has 0 amide bonds. The zero-order valence-corrected chi connectivity index (χ0v) is 51.7. The van der Waals surface area contributed by atoms with Gasteiger partial charge in [0.05, 0.1) is 0 Å². The largest absolute Gasteiger partial charge is 0.310 e. The van der Waals surface area contributed by atoms with E-state index in [-0.39, 0.29) is 0 Å². The Balaban J connectivity index is 0.913. The van der Waals surface area contributed by atoms with Gasteiger partial charge in [-0.15, -0.1) is 0 Å². The van der Waals surface area contributed by atoms with Gasteiger partial charge in [0.1, 0.15) is 0 Å². The smallest absolute Gasteiger partial charge is 0.0494 e. The summed E-state index contributed by atoms with van der Waals surface area (Å²) in [5.41, 5.74) is 29.8. The van der Waals surface area contributed by atoms with Crippen LogP contribution in [0.2, 0.25) is 0 Å². The maximum atomic E-state index is 2.59. The van der Waals surface area contributed by atoms with Gasteiger partial charge < -0.3 is 4.90 Å². The third-order valence-electron chi connectivity index (χ3n) is 19.1. The summed E-state index contributed by atoms with van der Waals surface area (Å²) in [5, 5.41) is 15.2. The van der Waals surface area contributed by atoms with Crippen LogP contribution in [0.25, 0.3) is 131 Å². The fraction of sp³-hybridized carbons (Fsp3) is 0.103. The van der Waals surface area contributed by atoms with Crippen LogP contribution in [0.15, 0.2) is 255 Å². The van der Waals surface area contributed by atoms with E-state index in [1.807, 2.05) is 0 Å². The van der Waals surface area contributed by atoms with Gasteiger partial charge in [-0.25, -0.2) is 0 Å². The third-order valence-corrected chi connectivity index (χ3v) is 19.1. The minimum atomic E-state index is 1.17. The zero-order chi connectivity index (χ0) is 60.1. The van der Waals surface area contributed by atoms with Crippen LogP contribution in [0, 0.1) is 62.3 Å². The number of nitrogens with zero attached hydrogens (tertiary/aromatic N) is 1. The molecule has 0 unspecified atom stereocenters. The Morgan fingerprint density at radius 2 is 0.398 bits per heavy atom. The Morgan fingerprint density at radius 3 is 0.682 bits per heavy atom. The first-order valence-electron chi connectivity index (χ1n) is 31.1. The summed E-state index contributed by atoms with van der Waals surface area (Å²) < 4.78 is 0. The van der Waals surface area contributed by atoms with Crippen molar-refractivity contribution in [2.24, 2.45) is 0 Å². The molecule has 15 rings (SSSR count). The maximum absolute atomic E-state index is 2.59. The average molecular weight is 1130 g/mol. The molecule has 0 aliphatic carbocycles. The Bertz CT molecular complexity index is 4830. The monoisotopic (exact) mass is 1130 g/mol. The van der Waals surface area contributed by atoms with Crippen LogP contribution in [0.5, 0.6) is 0 Å². The lowest BCUT2D eigenvalue weighted by Crippen LogP contribution is -2.15. The lowest BCUT2D eigenvalue weighted by molar-refractivity contribution is 1.18.